The summed E-state index contributed by atoms with van der Waals surface area (Å²) >= 11 is 1.47. The van der Waals surface area contributed by atoms with Crippen LogP contribution in [0, 0.1) is 0 Å². The number of nitrogens with two attached hydrogens (primary N) is 1. The number of benzene rings is 2. The van der Waals surface area contributed by atoms with Crippen LogP contribution >= 0.6 is 23.7 Å². The van der Waals surface area contributed by atoms with Crippen molar-refractivity contribution in [2.75, 3.05) is 18.9 Å². The first-order valence-corrected chi connectivity index (χ1v) is 10.9. The third kappa shape index (κ3) is 5.15. The number of likely N-dealkylation sites (N-methyl/N-ethyl adjacent to an activating group) is 1. The van der Waals surface area contributed by atoms with Crippen LogP contribution in [0.4, 0.5) is 5.00 Å². The summed E-state index contributed by atoms with van der Waals surface area (Å²) in [7, 11) is 2.05. The maximum absolute atomic E-state index is 13.1. The van der Waals surface area contributed by atoms with Crippen LogP contribution in [-0.4, -0.2) is 30.3 Å². The minimum Gasteiger partial charge on any atom is -0.365 e. The molecular weight excluding hydrogens is 430 g/mol. The molecule has 1 aliphatic rings. The van der Waals surface area contributed by atoms with Crippen LogP contribution in [0.15, 0.2) is 60.7 Å². The molecule has 1 aromatic heterocycles. The van der Waals surface area contributed by atoms with Crippen LogP contribution in [0.1, 0.15) is 44.3 Å². The molecule has 2 amide bonds. The Morgan fingerprint density at radius 3 is 2.19 bits per heavy atom. The molecule has 3 N–H and O–H groups in total. The third-order valence-corrected chi connectivity index (χ3v) is 6.67. The predicted molar refractivity (Wildman–Crippen MR) is 128 cm³/mol. The molecule has 0 aliphatic carbocycles. The minimum absolute atomic E-state index is 0. The van der Waals surface area contributed by atoms with Gasteiger partial charge >= 0.3 is 0 Å². The number of rotatable bonds is 6. The molecule has 0 atom stereocenters. The molecule has 0 bridgehead atoms. The Morgan fingerprint density at radius 1 is 1.06 bits per heavy atom. The van der Waals surface area contributed by atoms with E-state index < -0.39 is 5.91 Å². The van der Waals surface area contributed by atoms with Crippen LogP contribution in [0.3, 0.4) is 0 Å². The highest BCUT2D eigenvalue weighted by atomic mass is 35.5. The van der Waals surface area contributed by atoms with Crippen molar-refractivity contribution in [1.29, 1.82) is 0 Å². The van der Waals surface area contributed by atoms with Gasteiger partial charge < -0.3 is 16.0 Å². The SMILES string of the molecule is CN1CCc2c(sc(NC(=O)CC(c3ccccc3)c3ccccc3)c2C(N)=O)C1.Cl. The fourth-order valence-electron chi connectivity index (χ4n) is 4.04. The van der Waals surface area contributed by atoms with E-state index in [2.05, 4.69) is 17.3 Å². The smallest absolute Gasteiger partial charge is 0.251 e. The quantitative estimate of drug-likeness (QED) is 0.577. The van der Waals surface area contributed by atoms with Gasteiger partial charge in [-0.05, 0) is 30.2 Å². The van der Waals surface area contributed by atoms with Crippen molar-refractivity contribution in [2.45, 2.75) is 25.3 Å². The topological polar surface area (TPSA) is 75.4 Å². The normalized spacial score (nSPS) is 13.4. The van der Waals surface area contributed by atoms with Gasteiger partial charge in [-0.3, -0.25) is 9.59 Å². The fraction of sp³-hybridized carbons (Fsp3) is 0.250. The van der Waals surface area contributed by atoms with Crippen LogP contribution in [0.2, 0.25) is 0 Å². The van der Waals surface area contributed by atoms with Gasteiger partial charge in [0.15, 0.2) is 0 Å². The Kier molecular flexibility index (Phi) is 7.49. The molecule has 1 aliphatic heterocycles. The first-order valence-electron chi connectivity index (χ1n) is 10.1. The van der Waals surface area contributed by atoms with Gasteiger partial charge in [0.2, 0.25) is 5.91 Å². The second-order valence-electron chi connectivity index (χ2n) is 7.69. The van der Waals surface area contributed by atoms with Crippen LogP contribution in [-0.2, 0) is 17.8 Å². The number of amides is 2. The number of hydrogen-bond acceptors (Lipinski definition) is 4. The van der Waals surface area contributed by atoms with Gasteiger partial charge in [-0.25, -0.2) is 0 Å². The second-order valence-corrected chi connectivity index (χ2v) is 8.79. The van der Waals surface area contributed by atoms with Crippen LogP contribution < -0.4 is 11.1 Å². The van der Waals surface area contributed by atoms with Gasteiger partial charge in [0.05, 0.1) is 5.56 Å². The maximum atomic E-state index is 13.1. The van der Waals surface area contributed by atoms with Gasteiger partial charge in [0.1, 0.15) is 5.00 Å². The van der Waals surface area contributed by atoms with E-state index in [1.165, 1.54) is 11.3 Å². The zero-order chi connectivity index (χ0) is 21.1. The Balaban J connectivity index is 0.00000272. The number of carbonyl (C=O) groups is 2. The summed E-state index contributed by atoms with van der Waals surface area (Å²) in [5.41, 5.74) is 9.32. The average molecular weight is 456 g/mol. The van der Waals surface area contributed by atoms with E-state index in [1.807, 2.05) is 60.7 Å². The summed E-state index contributed by atoms with van der Waals surface area (Å²) in [6, 6.07) is 20.0. The molecule has 0 unspecified atom stereocenters. The number of primary amides is 1. The minimum atomic E-state index is -0.477. The summed E-state index contributed by atoms with van der Waals surface area (Å²) in [5, 5.41) is 3.57. The van der Waals surface area contributed by atoms with Crippen LogP contribution in [0.5, 0.6) is 0 Å². The molecule has 2 aromatic carbocycles. The molecule has 31 heavy (non-hydrogen) atoms. The lowest BCUT2D eigenvalue weighted by atomic mass is 9.88. The summed E-state index contributed by atoms with van der Waals surface area (Å²) in [5.74, 6) is -0.665. The van der Waals surface area contributed by atoms with Crippen molar-refractivity contribution in [3.05, 3.63) is 87.8 Å². The number of halogens is 1. The Labute approximate surface area is 192 Å². The summed E-state index contributed by atoms with van der Waals surface area (Å²) in [4.78, 5) is 28.5. The number of thiophene rings is 1. The molecule has 5 nitrogen and oxygen atoms in total. The summed E-state index contributed by atoms with van der Waals surface area (Å²) in [6.45, 7) is 1.65. The van der Waals surface area contributed by atoms with Crippen molar-refractivity contribution in [3.63, 3.8) is 0 Å². The van der Waals surface area contributed by atoms with Gasteiger partial charge in [0, 0.05) is 30.3 Å². The van der Waals surface area contributed by atoms with Crippen molar-refractivity contribution >= 4 is 40.6 Å². The summed E-state index contributed by atoms with van der Waals surface area (Å²) < 4.78 is 0. The number of anilines is 1. The molecule has 3 aromatic rings. The van der Waals surface area contributed by atoms with E-state index in [-0.39, 0.29) is 30.7 Å². The van der Waals surface area contributed by atoms with E-state index in [0.717, 1.165) is 41.1 Å². The predicted octanol–water partition coefficient (Wildman–Crippen LogP) is 4.42. The van der Waals surface area contributed by atoms with E-state index in [0.29, 0.717) is 10.6 Å². The third-order valence-electron chi connectivity index (χ3n) is 5.54. The summed E-state index contributed by atoms with van der Waals surface area (Å²) in [6.07, 6.45) is 1.06. The van der Waals surface area contributed by atoms with Gasteiger partial charge in [-0.1, -0.05) is 60.7 Å². The Hall–Kier alpha value is -2.67. The molecule has 7 heteroatoms. The lowest BCUT2D eigenvalue weighted by molar-refractivity contribution is -0.116. The molecule has 162 valence electrons. The first-order chi connectivity index (χ1) is 14.5. The lowest BCUT2D eigenvalue weighted by Crippen LogP contribution is -2.27. The molecule has 4 rings (SSSR count). The Bertz CT molecular complexity index is 1010. The molecule has 0 radical (unpaired) electrons. The maximum Gasteiger partial charge on any atom is 0.251 e. The van der Waals surface area contributed by atoms with E-state index in [9.17, 15) is 9.59 Å². The molecule has 0 spiro atoms. The number of hydrogen-bond donors (Lipinski definition) is 2. The zero-order valence-corrected chi connectivity index (χ0v) is 19.0. The van der Waals surface area contributed by atoms with Crippen molar-refractivity contribution in [1.82, 2.24) is 4.90 Å². The van der Waals surface area contributed by atoms with Gasteiger partial charge in [-0.2, -0.15) is 0 Å². The number of carbonyl (C=O) groups excluding carboxylic acids is 2. The fourth-order valence-corrected chi connectivity index (χ4v) is 5.39. The van der Waals surface area contributed by atoms with Crippen LogP contribution in [0.25, 0.3) is 0 Å². The zero-order valence-electron chi connectivity index (χ0n) is 17.3. The highest BCUT2D eigenvalue weighted by Gasteiger charge is 2.27. The van der Waals surface area contributed by atoms with Crippen molar-refractivity contribution < 1.29 is 9.59 Å². The van der Waals surface area contributed by atoms with Crippen molar-refractivity contribution in [3.8, 4) is 0 Å². The van der Waals surface area contributed by atoms with E-state index in [4.69, 9.17) is 5.73 Å². The second kappa shape index (κ2) is 10.1. The molecular formula is C24H26ClN3O2S. The van der Waals surface area contributed by atoms with Crippen molar-refractivity contribution in [2.24, 2.45) is 5.73 Å². The monoisotopic (exact) mass is 455 g/mol. The molecule has 2 heterocycles. The highest BCUT2D eigenvalue weighted by molar-refractivity contribution is 7.17. The first kappa shape index (κ1) is 23.0. The van der Waals surface area contributed by atoms with E-state index in [1.54, 1.807) is 0 Å². The average Bonchev–Trinajstić information content (AvgIpc) is 3.10. The van der Waals surface area contributed by atoms with Gasteiger partial charge in [-0.15, -0.1) is 23.7 Å². The van der Waals surface area contributed by atoms with E-state index >= 15 is 0 Å². The van der Waals surface area contributed by atoms with Gasteiger partial charge in [0.25, 0.3) is 5.91 Å². The highest BCUT2D eigenvalue weighted by Crippen LogP contribution is 2.37. The number of nitrogens with zero attached hydrogens (tertiary/aromatic N) is 1. The number of fused-ring (bicyclic) bond motifs is 1. The molecule has 0 saturated carbocycles. The molecule has 0 fully saturated rings. The molecule has 0 saturated heterocycles. The standard InChI is InChI=1S/C24H25N3O2S.ClH/c1-27-13-12-18-20(15-27)30-24(22(18)23(25)29)26-21(28)14-19(16-8-4-2-5-9-16)17-10-6-3-7-11-17;/h2-11,19H,12-15H2,1H3,(H2,25,29)(H,26,28);1H. The number of nitrogens with one attached hydrogen (secondary N) is 1. The largest absolute Gasteiger partial charge is 0.365 e. The lowest BCUT2D eigenvalue weighted by Gasteiger charge is -2.22. The Morgan fingerprint density at radius 2 is 1.65 bits per heavy atom.